The maximum absolute atomic E-state index is 4.51. The molecule has 6 rings (SSSR count). The minimum atomic E-state index is 0.743. The molecule has 134 valence electrons. The lowest BCUT2D eigenvalue weighted by Gasteiger charge is -1.98. The van der Waals surface area contributed by atoms with E-state index in [1.165, 1.54) is 5.56 Å². The van der Waals surface area contributed by atoms with Crippen molar-refractivity contribution < 1.29 is 0 Å². The van der Waals surface area contributed by atoms with E-state index in [2.05, 4.69) is 64.3 Å². The standard InChI is InChI=1S/C20H13N7S/c1-3-21-19-15(14(1)11-2-4-28-10-11)6-17(25-19)18-16-5-12(13-8-23-24-9-13)7-22-20(16)27-26-18/h1-10H,(H,21,25)(H,23,24)(H,22,26,27). The molecule has 0 saturated carbocycles. The highest BCUT2D eigenvalue weighted by Crippen LogP contribution is 2.34. The van der Waals surface area contributed by atoms with Crippen LogP contribution in [0, 0.1) is 0 Å². The smallest absolute Gasteiger partial charge is 0.155 e. The Morgan fingerprint density at radius 2 is 1.89 bits per heavy atom. The summed E-state index contributed by atoms with van der Waals surface area (Å²) in [6.07, 6.45) is 7.28. The fourth-order valence-electron chi connectivity index (χ4n) is 3.50. The summed E-state index contributed by atoms with van der Waals surface area (Å²) in [5, 5.41) is 20.6. The van der Waals surface area contributed by atoms with Gasteiger partial charge in [-0.1, -0.05) is 0 Å². The number of thiophene rings is 1. The zero-order chi connectivity index (χ0) is 18.5. The second-order valence-corrected chi connectivity index (χ2v) is 7.28. The number of aromatic amines is 3. The van der Waals surface area contributed by atoms with E-state index in [0.29, 0.717) is 0 Å². The summed E-state index contributed by atoms with van der Waals surface area (Å²) in [5.41, 5.74) is 7.63. The van der Waals surface area contributed by atoms with Crippen LogP contribution in [0.2, 0.25) is 0 Å². The van der Waals surface area contributed by atoms with Gasteiger partial charge in [0, 0.05) is 40.5 Å². The molecule has 6 heterocycles. The lowest BCUT2D eigenvalue weighted by molar-refractivity contribution is 1.09. The van der Waals surface area contributed by atoms with Crippen LogP contribution in [0.4, 0.5) is 0 Å². The van der Waals surface area contributed by atoms with Crippen molar-refractivity contribution in [2.75, 3.05) is 0 Å². The van der Waals surface area contributed by atoms with Crippen LogP contribution in [0.3, 0.4) is 0 Å². The number of hydrogen-bond acceptors (Lipinski definition) is 5. The monoisotopic (exact) mass is 383 g/mol. The summed E-state index contributed by atoms with van der Waals surface area (Å²) in [7, 11) is 0. The average molecular weight is 383 g/mol. The van der Waals surface area contributed by atoms with E-state index in [4.69, 9.17) is 0 Å². The summed E-state index contributed by atoms with van der Waals surface area (Å²) in [5.74, 6) is 0. The zero-order valence-corrected chi connectivity index (χ0v) is 15.3. The third-order valence-corrected chi connectivity index (χ3v) is 5.55. The van der Waals surface area contributed by atoms with Gasteiger partial charge in [-0.15, -0.1) is 0 Å². The molecule has 0 fully saturated rings. The van der Waals surface area contributed by atoms with Gasteiger partial charge in [0.15, 0.2) is 5.65 Å². The quantitative estimate of drug-likeness (QED) is 0.415. The van der Waals surface area contributed by atoms with Gasteiger partial charge in [0.25, 0.3) is 0 Å². The maximum Gasteiger partial charge on any atom is 0.155 e. The fourth-order valence-corrected chi connectivity index (χ4v) is 4.16. The van der Waals surface area contributed by atoms with Crippen LogP contribution < -0.4 is 0 Å². The van der Waals surface area contributed by atoms with Crippen molar-refractivity contribution in [3.05, 3.63) is 59.8 Å². The van der Waals surface area contributed by atoms with Gasteiger partial charge in [0.1, 0.15) is 11.3 Å². The summed E-state index contributed by atoms with van der Waals surface area (Å²) in [6.45, 7) is 0. The number of rotatable bonds is 3. The third-order valence-electron chi connectivity index (χ3n) is 4.87. The molecule has 6 aromatic heterocycles. The van der Waals surface area contributed by atoms with E-state index in [0.717, 1.165) is 50.1 Å². The molecule has 0 saturated heterocycles. The highest BCUT2D eigenvalue weighted by atomic mass is 32.1. The molecule has 7 nitrogen and oxygen atoms in total. The van der Waals surface area contributed by atoms with Crippen molar-refractivity contribution in [3.8, 4) is 33.6 Å². The first-order valence-corrected chi connectivity index (χ1v) is 9.65. The maximum atomic E-state index is 4.51. The third kappa shape index (κ3) is 2.28. The summed E-state index contributed by atoms with van der Waals surface area (Å²) < 4.78 is 0. The van der Waals surface area contributed by atoms with Gasteiger partial charge in [0.2, 0.25) is 0 Å². The van der Waals surface area contributed by atoms with E-state index >= 15 is 0 Å². The Balaban J connectivity index is 1.55. The summed E-state index contributed by atoms with van der Waals surface area (Å²) in [4.78, 5) is 12.4. The number of hydrogen-bond donors (Lipinski definition) is 3. The Labute approximate surface area is 162 Å². The number of nitrogens with zero attached hydrogens (tertiary/aromatic N) is 4. The van der Waals surface area contributed by atoms with Crippen LogP contribution in [0.25, 0.3) is 55.7 Å². The van der Waals surface area contributed by atoms with Gasteiger partial charge in [0.05, 0.1) is 11.9 Å². The van der Waals surface area contributed by atoms with Crippen molar-refractivity contribution in [1.29, 1.82) is 0 Å². The van der Waals surface area contributed by atoms with Crippen LogP contribution >= 0.6 is 11.3 Å². The molecule has 0 aliphatic rings. The summed E-state index contributed by atoms with van der Waals surface area (Å²) in [6, 6.07) is 8.35. The average Bonchev–Trinajstić information content (AvgIpc) is 3.53. The molecule has 6 aromatic rings. The Morgan fingerprint density at radius 1 is 0.893 bits per heavy atom. The largest absolute Gasteiger partial charge is 0.338 e. The number of pyridine rings is 2. The Morgan fingerprint density at radius 3 is 2.75 bits per heavy atom. The molecule has 0 unspecified atom stereocenters. The molecule has 0 amide bonds. The van der Waals surface area contributed by atoms with E-state index in [1.54, 1.807) is 17.5 Å². The Kier molecular flexibility index (Phi) is 3.20. The highest BCUT2D eigenvalue weighted by Gasteiger charge is 2.15. The predicted octanol–water partition coefficient (Wildman–Crippen LogP) is 4.62. The van der Waals surface area contributed by atoms with E-state index < -0.39 is 0 Å². The minimum Gasteiger partial charge on any atom is -0.338 e. The number of fused-ring (bicyclic) bond motifs is 2. The molecule has 0 aliphatic heterocycles. The van der Waals surface area contributed by atoms with Crippen molar-refractivity contribution in [3.63, 3.8) is 0 Å². The fraction of sp³-hybridized carbons (Fsp3) is 0. The van der Waals surface area contributed by atoms with E-state index in [9.17, 15) is 0 Å². The Bertz CT molecular complexity index is 1410. The number of nitrogens with one attached hydrogen (secondary N) is 3. The molecule has 0 bridgehead atoms. The molecule has 0 atom stereocenters. The normalized spacial score (nSPS) is 11.6. The van der Waals surface area contributed by atoms with Crippen molar-refractivity contribution in [2.45, 2.75) is 0 Å². The van der Waals surface area contributed by atoms with Gasteiger partial charge in [-0.2, -0.15) is 21.5 Å². The second kappa shape index (κ2) is 5.86. The molecule has 0 aliphatic carbocycles. The van der Waals surface area contributed by atoms with E-state index in [-0.39, 0.29) is 0 Å². The molecule has 0 aromatic carbocycles. The van der Waals surface area contributed by atoms with Gasteiger partial charge in [-0.25, -0.2) is 9.97 Å². The first-order valence-electron chi connectivity index (χ1n) is 8.71. The van der Waals surface area contributed by atoms with E-state index in [1.807, 2.05) is 24.7 Å². The molecule has 3 N–H and O–H groups in total. The van der Waals surface area contributed by atoms with Crippen LogP contribution in [-0.4, -0.2) is 35.3 Å². The minimum absolute atomic E-state index is 0.743. The molecular formula is C20H13N7S. The van der Waals surface area contributed by atoms with Crippen LogP contribution in [0.5, 0.6) is 0 Å². The first kappa shape index (κ1) is 15.3. The van der Waals surface area contributed by atoms with Gasteiger partial charge >= 0.3 is 0 Å². The van der Waals surface area contributed by atoms with Crippen LogP contribution in [-0.2, 0) is 0 Å². The first-order chi connectivity index (χ1) is 13.9. The number of H-pyrrole nitrogens is 3. The number of aromatic nitrogens is 7. The SMILES string of the molecule is c1cc(-c2ccsc2)c2cc(-c3n[nH]c4ncc(-c5cn[nH]c5)cc34)[nH]c2n1. The topological polar surface area (TPSA) is 98.9 Å². The second-order valence-electron chi connectivity index (χ2n) is 6.50. The molecular weight excluding hydrogens is 370 g/mol. The zero-order valence-electron chi connectivity index (χ0n) is 14.5. The van der Waals surface area contributed by atoms with Crippen LogP contribution in [0.1, 0.15) is 0 Å². The molecule has 0 spiro atoms. The lowest BCUT2D eigenvalue weighted by Crippen LogP contribution is -1.82. The van der Waals surface area contributed by atoms with Crippen molar-refractivity contribution in [1.82, 2.24) is 35.3 Å². The molecule has 0 radical (unpaired) electrons. The van der Waals surface area contributed by atoms with Crippen molar-refractivity contribution >= 4 is 33.4 Å². The van der Waals surface area contributed by atoms with Crippen LogP contribution in [0.15, 0.2) is 59.8 Å². The highest BCUT2D eigenvalue weighted by molar-refractivity contribution is 7.08. The Hall–Kier alpha value is -3.78. The van der Waals surface area contributed by atoms with Gasteiger partial charge in [-0.3, -0.25) is 10.2 Å². The predicted molar refractivity (Wildman–Crippen MR) is 110 cm³/mol. The van der Waals surface area contributed by atoms with Gasteiger partial charge < -0.3 is 4.98 Å². The molecule has 8 heteroatoms. The molecule has 28 heavy (non-hydrogen) atoms. The lowest BCUT2D eigenvalue weighted by atomic mass is 10.1. The summed E-state index contributed by atoms with van der Waals surface area (Å²) >= 11 is 1.69. The van der Waals surface area contributed by atoms with Crippen molar-refractivity contribution in [2.24, 2.45) is 0 Å². The van der Waals surface area contributed by atoms with Gasteiger partial charge in [-0.05, 0) is 46.2 Å².